The van der Waals surface area contributed by atoms with Gasteiger partial charge in [-0.05, 0) is 64.3 Å². The van der Waals surface area contributed by atoms with Crippen molar-refractivity contribution >= 4 is 5.91 Å². The highest BCUT2D eigenvalue weighted by molar-refractivity contribution is 5.92. The van der Waals surface area contributed by atoms with E-state index < -0.39 is 5.82 Å². The molecule has 0 bridgehead atoms. The summed E-state index contributed by atoms with van der Waals surface area (Å²) < 4.78 is 14.2. The van der Waals surface area contributed by atoms with Crippen molar-refractivity contribution < 1.29 is 9.18 Å². The first-order valence-electron chi connectivity index (χ1n) is 8.22. The van der Waals surface area contributed by atoms with E-state index in [-0.39, 0.29) is 17.2 Å². The zero-order valence-electron chi connectivity index (χ0n) is 14.8. The molecule has 0 spiro atoms. The highest BCUT2D eigenvalue weighted by Crippen LogP contribution is 2.07. The van der Waals surface area contributed by atoms with Crippen molar-refractivity contribution in [3.05, 3.63) is 58.3 Å². The maximum atomic E-state index is 13.1. The summed E-state index contributed by atoms with van der Waals surface area (Å²) in [5, 5.41) is 4.16. The molecule has 1 heterocycles. The van der Waals surface area contributed by atoms with Gasteiger partial charge >= 0.3 is 0 Å². The van der Waals surface area contributed by atoms with Gasteiger partial charge < -0.3 is 9.80 Å². The SMILES string of the molecule is CCN(CCCN(C)C)C(=O)c1ccc(=O)n(-c2ccc(F)cc2)n1. The van der Waals surface area contributed by atoms with E-state index >= 15 is 0 Å². The van der Waals surface area contributed by atoms with E-state index in [0.29, 0.717) is 18.8 Å². The molecule has 0 aliphatic rings. The van der Waals surface area contributed by atoms with Gasteiger partial charge in [-0.1, -0.05) is 0 Å². The molecule has 2 aromatic rings. The van der Waals surface area contributed by atoms with Crippen LogP contribution in [-0.2, 0) is 0 Å². The number of hydrogen-bond donors (Lipinski definition) is 0. The lowest BCUT2D eigenvalue weighted by Gasteiger charge is -2.21. The first-order chi connectivity index (χ1) is 11.9. The van der Waals surface area contributed by atoms with E-state index in [1.165, 1.54) is 36.4 Å². The number of carbonyl (C=O) groups is 1. The van der Waals surface area contributed by atoms with Crippen LogP contribution in [0.1, 0.15) is 23.8 Å². The number of benzene rings is 1. The monoisotopic (exact) mass is 346 g/mol. The molecule has 0 aliphatic heterocycles. The molecule has 25 heavy (non-hydrogen) atoms. The maximum Gasteiger partial charge on any atom is 0.274 e. The van der Waals surface area contributed by atoms with Crippen LogP contribution in [0.2, 0.25) is 0 Å². The maximum absolute atomic E-state index is 13.1. The van der Waals surface area contributed by atoms with E-state index in [1.807, 2.05) is 21.0 Å². The van der Waals surface area contributed by atoms with Crippen molar-refractivity contribution in [2.75, 3.05) is 33.7 Å². The molecular weight excluding hydrogens is 323 g/mol. The van der Waals surface area contributed by atoms with Crippen LogP contribution >= 0.6 is 0 Å². The normalized spacial score (nSPS) is 10.9. The topological polar surface area (TPSA) is 58.4 Å². The van der Waals surface area contributed by atoms with E-state index in [0.717, 1.165) is 17.6 Å². The van der Waals surface area contributed by atoms with Crippen LogP contribution < -0.4 is 5.56 Å². The summed E-state index contributed by atoms with van der Waals surface area (Å²) in [6.45, 7) is 3.96. The molecule has 0 saturated carbocycles. The standard InChI is InChI=1S/C18H23FN4O2/c1-4-22(13-5-12-21(2)3)18(25)16-10-11-17(24)23(20-16)15-8-6-14(19)7-9-15/h6-11H,4-5,12-13H2,1-3H3. The average Bonchev–Trinajstić information content (AvgIpc) is 2.59. The van der Waals surface area contributed by atoms with Gasteiger partial charge in [0.2, 0.25) is 0 Å². The second-order valence-corrected chi connectivity index (χ2v) is 5.99. The Balaban J connectivity index is 2.23. The van der Waals surface area contributed by atoms with Crippen LogP contribution in [0.5, 0.6) is 0 Å². The minimum absolute atomic E-state index is 0.190. The third kappa shape index (κ3) is 4.96. The van der Waals surface area contributed by atoms with Crippen LogP contribution in [0.4, 0.5) is 4.39 Å². The Morgan fingerprint density at radius 3 is 2.40 bits per heavy atom. The summed E-state index contributed by atoms with van der Waals surface area (Å²) in [6, 6.07) is 8.13. The van der Waals surface area contributed by atoms with Crippen molar-refractivity contribution in [3.63, 3.8) is 0 Å². The third-order valence-corrected chi connectivity index (χ3v) is 3.79. The minimum atomic E-state index is -0.401. The number of amides is 1. The second kappa shape index (κ2) is 8.53. The van der Waals surface area contributed by atoms with Gasteiger partial charge in [-0.15, -0.1) is 0 Å². The first kappa shape index (κ1) is 18.8. The predicted molar refractivity (Wildman–Crippen MR) is 94.5 cm³/mol. The van der Waals surface area contributed by atoms with Gasteiger partial charge in [0, 0.05) is 19.2 Å². The van der Waals surface area contributed by atoms with Crippen molar-refractivity contribution in [1.82, 2.24) is 19.6 Å². The minimum Gasteiger partial charge on any atom is -0.337 e. The van der Waals surface area contributed by atoms with E-state index in [1.54, 1.807) is 4.90 Å². The summed E-state index contributed by atoms with van der Waals surface area (Å²) in [6.07, 6.45) is 0.851. The summed E-state index contributed by atoms with van der Waals surface area (Å²) in [4.78, 5) is 28.5. The number of halogens is 1. The highest BCUT2D eigenvalue weighted by atomic mass is 19.1. The Hall–Kier alpha value is -2.54. The molecule has 134 valence electrons. The second-order valence-electron chi connectivity index (χ2n) is 5.99. The lowest BCUT2D eigenvalue weighted by atomic mass is 10.3. The molecule has 0 radical (unpaired) electrons. The lowest BCUT2D eigenvalue weighted by Crippen LogP contribution is -2.35. The Morgan fingerprint density at radius 2 is 1.80 bits per heavy atom. The molecule has 0 unspecified atom stereocenters. The van der Waals surface area contributed by atoms with Crippen LogP contribution in [0.25, 0.3) is 5.69 Å². The Labute approximate surface area is 146 Å². The Morgan fingerprint density at radius 1 is 1.12 bits per heavy atom. The lowest BCUT2D eigenvalue weighted by molar-refractivity contribution is 0.0751. The molecule has 1 aromatic carbocycles. The van der Waals surface area contributed by atoms with Crippen LogP contribution in [0.15, 0.2) is 41.2 Å². The molecule has 1 aromatic heterocycles. The number of carbonyl (C=O) groups excluding carboxylic acids is 1. The fourth-order valence-electron chi connectivity index (χ4n) is 2.44. The van der Waals surface area contributed by atoms with E-state index in [2.05, 4.69) is 10.00 Å². The highest BCUT2D eigenvalue weighted by Gasteiger charge is 2.17. The van der Waals surface area contributed by atoms with Crippen molar-refractivity contribution in [3.8, 4) is 5.69 Å². The number of nitrogens with zero attached hydrogens (tertiary/aromatic N) is 4. The van der Waals surface area contributed by atoms with Crippen LogP contribution in [0, 0.1) is 5.82 Å². The first-order valence-corrected chi connectivity index (χ1v) is 8.22. The fraction of sp³-hybridized carbons (Fsp3) is 0.389. The van der Waals surface area contributed by atoms with Crippen LogP contribution in [0.3, 0.4) is 0 Å². The molecule has 7 heteroatoms. The number of rotatable bonds is 7. The molecular formula is C18H23FN4O2. The number of aromatic nitrogens is 2. The summed E-state index contributed by atoms with van der Waals surface area (Å²) in [7, 11) is 3.97. The summed E-state index contributed by atoms with van der Waals surface area (Å²) in [5.41, 5.74) is 0.228. The zero-order valence-corrected chi connectivity index (χ0v) is 14.8. The Bertz CT molecular complexity index is 771. The quantitative estimate of drug-likeness (QED) is 0.767. The van der Waals surface area contributed by atoms with Gasteiger partial charge in [-0.2, -0.15) is 9.78 Å². The molecule has 0 fully saturated rings. The van der Waals surface area contributed by atoms with Crippen LogP contribution in [-0.4, -0.2) is 59.2 Å². The van der Waals surface area contributed by atoms with Gasteiger partial charge in [0.25, 0.3) is 11.5 Å². The smallest absolute Gasteiger partial charge is 0.274 e. The zero-order chi connectivity index (χ0) is 18.4. The fourth-order valence-corrected chi connectivity index (χ4v) is 2.44. The largest absolute Gasteiger partial charge is 0.337 e. The molecule has 0 saturated heterocycles. The van der Waals surface area contributed by atoms with E-state index in [9.17, 15) is 14.0 Å². The van der Waals surface area contributed by atoms with Crippen molar-refractivity contribution in [2.24, 2.45) is 0 Å². The van der Waals surface area contributed by atoms with Gasteiger partial charge in [0.05, 0.1) is 5.69 Å². The van der Waals surface area contributed by atoms with E-state index in [4.69, 9.17) is 0 Å². The number of hydrogen-bond acceptors (Lipinski definition) is 4. The van der Waals surface area contributed by atoms with Gasteiger partial charge in [-0.25, -0.2) is 4.39 Å². The molecule has 0 atom stereocenters. The molecule has 0 N–H and O–H groups in total. The van der Waals surface area contributed by atoms with Gasteiger partial charge in [-0.3, -0.25) is 9.59 Å². The Kier molecular flexibility index (Phi) is 6.41. The molecule has 2 rings (SSSR count). The van der Waals surface area contributed by atoms with Gasteiger partial charge in [0.15, 0.2) is 0 Å². The van der Waals surface area contributed by atoms with Gasteiger partial charge in [0.1, 0.15) is 11.5 Å². The predicted octanol–water partition coefficient (Wildman–Crippen LogP) is 1.79. The van der Waals surface area contributed by atoms with Crippen molar-refractivity contribution in [2.45, 2.75) is 13.3 Å². The summed E-state index contributed by atoms with van der Waals surface area (Å²) >= 11 is 0. The van der Waals surface area contributed by atoms with Crippen molar-refractivity contribution in [1.29, 1.82) is 0 Å². The molecule has 6 nitrogen and oxygen atoms in total. The molecule has 1 amide bonds. The third-order valence-electron chi connectivity index (χ3n) is 3.79. The summed E-state index contributed by atoms with van der Waals surface area (Å²) in [5.74, 6) is -0.626. The average molecular weight is 346 g/mol. The molecule has 0 aliphatic carbocycles.